The Hall–Kier alpha value is -2.17. The van der Waals surface area contributed by atoms with Crippen molar-refractivity contribution in [2.24, 2.45) is 0 Å². The lowest BCUT2D eigenvalue weighted by Gasteiger charge is -2.04. The Bertz CT molecular complexity index is 637. The highest BCUT2D eigenvalue weighted by molar-refractivity contribution is 5.74. The molecule has 0 amide bonds. The Morgan fingerprint density at radius 1 is 1.18 bits per heavy atom. The maximum atomic E-state index is 4.36. The van der Waals surface area contributed by atoms with E-state index >= 15 is 0 Å². The van der Waals surface area contributed by atoms with Gasteiger partial charge in [0.2, 0.25) is 0 Å². The van der Waals surface area contributed by atoms with Gasteiger partial charge in [0.1, 0.15) is 12.2 Å². The molecular formula is C12H13N5. The highest BCUT2D eigenvalue weighted by Crippen LogP contribution is 2.12. The molecule has 0 atom stereocenters. The van der Waals surface area contributed by atoms with Gasteiger partial charge < -0.3 is 4.57 Å². The molecule has 0 aliphatic carbocycles. The summed E-state index contributed by atoms with van der Waals surface area (Å²) in [6, 6.07) is 8.09. The molecule has 0 unspecified atom stereocenters. The zero-order chi connectivity index (χ0) is 11.7. The Morgan fingerprint density at radius 3 is 2.94 bits per heavy atom. The van der Waals surface area contributed by atoms with Crippen molar-refractivity contribution in [2.75, 3.05) is 0 Å². The lowest BCUT2D eigenvalue weighted by molar-refractivity contribution is 0.596. The maximum Gasteiger partial charge on any atom is 0.146 e. The first-order valence-electron chi connectivity index (χ1n) is 5.65. The van der Waals surface area contributed by atoms with E-state index < -0.39 is 0 Å². The number of hydrogen-bond donors (Lipinski definition) is 0. The topological polar surface area (TPSA) is 48.5 Å². The largest absolute Gasteiger partial charge is 0.323 e. The first-order chi connectivity index (χ1) is 8.38. The minimum absolute atomic E-state index is 0.703. The van der Waals surface area contributed by atoms with E-state index in [2.05, 4.69) is 32.6 Å². The highest BCUT2D eigenvalue weighted by Gasteiger charge is 2.06. The molecule has 0 spiro atoms. The van der Waals surface area contributed by atoms with Gasteiger partial charge >= 0.3 is 0 Å². The van der Waals surface area contributed by atoms with Crippen molar-refractivity contribution in [3.63, 3.8) is 0 Å². The summed E-state index contributed by atoms with van der Waals surface area (Å²) in [5, 5.41) is 4.17. The van der Waals surface area contributed by atoms with E-state index in [0.717, 1.165) is 23.4 Å². The molecule has 5 nitrogen and oxygen atoms in total. The Labute approximate surface area is 98.7 Å². The third-order valence-electron chi connectivity index (χ3n) is 2.83. The van der Waals surface area contributed by atoms with E-state index in [-0.39, 0.29) is 0 Å². The average molecular weight is 227 g/mol. The quantitative estimate of drug-likeness (QED) is 0.684. The first-order valence-corrected chi connectivity index (χ1v) is 5.65. The summed E-state index contributed by atoms with van der Waals surface area (Å²) >= 11 is 0. The predicted octanol–water partition coefficient (Wildman–Crippen LogP) is 1.70. The number of para-hydroxylation sites is 2. The van der Waals surface area contributed by atoms with Gasteiger partial charge in [-0.2, -0.15) is 5.10 Å². The first kappa shape index (κ1) is 10.0. The smallest absolute Gasteiger partial charge is 0.146 e. The molecule has 17 heavy (non-hydrogen) atoms. The van der Waals surface area contributed by atoms with Crippen molar-refractivity contribution >= 4 is 11.0 Å². The summed E-state index contributed by atoms with van der Waals surface area (Å²) in [7, 11) is 0. The summed E-state index contributed by atoms with van der Waals surface area (Å²) in [5.74, 6) is 0.954. The van der Waals surface area contributed by atoms with Gasteiger partial charge in [-0.25, -0.2) is 14.6 Å². The van der Waals surface area contributed by atoms with Crippen molar-refractivity contribution in [2.45, 2.75) is 20.0 Å². The second kappa shape index (κ2) is 4.01. The van der Waals surface area contributed by atoms with Crippen LogP contribution in [0.15, 0.2) is 36.9 Å². The van der Waals surface area contributed by atoms with Crippen LogP contribution < -0.4 is 0 Å². The molecule has 0 N–H and O–H groups in total. The van der Waals surface area contributed by atoms with E-state index in [1.54, 1.807) is 6.33 Å². The fourth-order valence-corrected chi connectivity index (χ4v) is 1.96. The van der Waals surface area contributed by atoms with Crippen LogP contribution in [0.1, 0.15) is 12.7 Å². The third kappa shape index (κ3) is 1.69. The lowest BCUT2D eigenvalue weighted by Crippen LogP contribution is -2.08. The normalized spacial score (nSPS) is 11.1. The molecule has 1 aromatic carbocycles. The van der Waals surface area contributed by atoms with E-state index in [9.17, 15) is 0 Å². The predicted molar refractivity (Wildman–Crippen MR) is 64.5 cm³/mol. The summed E-state index contributed by atoms with van der Waals surface area (Å²) in [5.41, 5.74) is 2.13. The van der Waals surface area contributed by atoms with Crippen LogP contribution in [0.3, 0.4) is 0 Å². The molecule has 0 fully saturated rings. The van der Waals surface area contributed by atoms with Crippen LogP contribution in [0.25, 0.3) is 11.0 Å². The van der Waals surface area contributed by atoms with Crippen molar-refractivity contribution in [3.8, 4) is 0 Å². The molecule has 86 valence electrons. The van der Waals surface area contributed by atoms with Gasteiger partial charge in [-0.1, -0.05) is 12.1 Å². The molecule has 0 saturated carbocycles. The molecule has 2 aromatic heterocycles. The minimum Gasteiger partial charge on any atom is -0.323 e. The number of imidazole rings is 1. The van der Waals surface area contributed by atoms with Crippen LogP contribution in [-0.2, 0) is 13.1 Å². The molecule has 3 aromatic rings. The fraction of sp³-hybridized carbons (Fsp3) is 0.250. The van der Waals surface area contributed by atoms with E-state index in [4.69, 9.17) is 0 Å². The summed E-state index contributed by atoms with van der Waals surface area (Å²) in [4.78, 5) is 8.63. The standard InChI is InChI=1S/C12H13N5/c1-2-17-12(13-8-15-17)7-16-9-14-10-5-3-4-6-11(10)16/h3-6,8-9H,2,7H2,1H3. The third-order valence-corrected chi connectivity index (χ3v) is 2.83. The van der Waals surface area contributed by atoms with E-state index in [1.807, 2.05) is 29.2 Å². The second-order valence-electron chi connectivity index (χ2n) is 3.85. The maximum absolute atomic E-state index is 4.36. The van der Waals surface area contributed by atoms with Crippen LogP contribution in [0, 0.1) is 0 Å². The van der Waals surface area contributed by atoms with Gasteiger partial charge in [0.25, 0.3) is 0 Å². The van der Waals surface area contributed by atoms with Gasteiger partial charge in [0.15, 0.2) is 0 Å². The minimum atomic E-state index is 0.703. The molecule has 3 rings (SSSR count). The molecule has 0 radical (unpaired) electrons. The summed E-state index contributed by atoms with van der Waals surface area (Å²) in [6.45, 7) is 3.60. The van der Waals surface area contributed by atoms with Gasteiger partial charge in [0.05, 0.1) is 23.9 Å². The Balaban J connectivity index is 2.00. The van der Waals surface area contributed by atoms with Crippen LogP contribution >= 0.6 is 0 Å². The monoisotopic (exact) mass is 227 g/mol. The fourth-order valence-electron chi connectivity index (χ4n) is 1.96. The van der Waals surface area contributed by atoms with Crippen LogP contribution in [0.4, 0.5) is 0 Å². The number of benzene rings is 1. The molecule has 0 aliphatic rings. The number of fused-ring (bicyclic) bond motifs is 1. The van der Waals surface area contributed by atoms with Gasteiger partial charge in [0, 0.05) is 6.54 Å². The van der Waals surface area contributed by atoms with Crippen LogP contribution in [0.2, 0.25) is 0 Å². The zero-order valence-corrected chi connectivity index (χ0v) is 9.61. The number of hydrogen-bond acceptors (Lipinski definition) is 3. The van der Waals surface area contributed by atoms with Crippen LogP contribution in [0.5, 0.6) is 0 Å². The van der Waals surface area contributed by atoms with Crippen molar-refractivity contribution in [1.82, 2.24) is 24.3 Å². The molecule has 0 bridgehead atoms. The Morgan fingerprint density at radius 2 is 2.06 bits per heavy atom. The van der Waals surface area contributed by atoms with Gasteiger partial charge in [-0.15, -0.1) is 0 Å². The number of aryl methyl sites for hydroxylation is 1. The number of nitrogens with zero attached hydrogens (tertiary/aromatic N) is 5. The van der Waals surface area contributed by atoms with E-state index in [1.165, 1.54) is 0 Å². The lowest BCUT2D eigenvalue weighted by atomic mass is 10.3. The molecular weight excluding hydrogens is 214 g/mol. The molecule has 5 heteroatoms. The average Bonchev–Trinajstić information content (AvgIpc) is 2.97. The summed E-state index contributed by atoms with van der Waals surface area (Å²) < 4.78 is 3.99. The van der Waals surface area contributed by atoms with Crippen molar-refractivity contribution in [3.05, 3.63) is 42.7 Å². The second-order valence-corrected chi connectivity index (χ2v) is 3.85. The zero-order valence-electron chi connectivity index (χ0n) is 9.61. The van der Waals surface area contributed by atoms with E-state index in [0.29, 0.717) is 6.54 Å². The van der Waals surface area contributed by atoms with Gasteiger partial charge in [-0.05, 0) is 19.1 Å². The molecule has 0 saturated heterocycles. The molecule has 2 heterocycles. The van der Waals surface area contributed by atoms with Crippen LogP contribution in [-0.4, -0.2) is 24.3 Å². The van der Waals surface area contributed by atoms with Crippen molar-refractivity contribution < 1.29 is 0 Å². The molecule has 0 aliphatic heterocycles. The SMILES string of the molecule is CCn1ncnc1Cn1cnc2ccccc21. The van der Waals surface area contributed by atoms with Gasteiger partial charge in [-0.3, -0.25) is 0 Å². The number of rotatable bonds is 3. The van der Waals surface area contributed by atoms with Crippen molar-refractivity contribution in [1.29, 1.82) is 0 Å². The highest BCUT2D eigenvalue weighted by atomic mass is 15.3. The number of aromatic nitrogens is 5. The summed E-state index contributed by atoms with van der Waals surface area (Å²) in [6.07, 6.45) is 3.44. The Kier molecular flexibility index (Phi) is 2.36.